The number of nitriles is 1. The van der Waals surface area contributed by atoms with Crippen LogP contribution in [-0.2, 0) is 0 Å². The van der Waals surface area contributed by atoms with E-state index in [0.29, 0.717) is 21.7 Å². The van der Waals surface area contributed by atoms with Gasteiger partial charge in [0.05, 0.1) is 22.2 Å². The maximum absolute atomic E-state index is 9.27. The lowest BCUT2D eigenvalue weighted by molar-refractivity contribution is 0.617. The van der Waals surface area contributed by atoms with Gasteiger partial charge in [-0.1, -0.05) is 60.2 Å². The molecule has 0 unspecified atom stereocenters. The van der Waals surface area contributed by atoms with E-state index in [1.807, 2.05) is 30.3 Å². The Kier molecular flexibility index (Phi) is 3.68. The van der Waals surface area contributed by atoms with Crippen molar-refractivity contribution < 1.29 is 4.42 Å². The molecule has 116 valence electrons. The van der Waals surface area contributed by atoms with E-state index in [1.54, 1.807) is 0 Å². The second kappa shape index (κ2) is 5.99. The smallest absolute Gasteiger partial charge is 0.228 e. The Balaban J connectivity index is 2.09. The molecule has 0 amide bonds. The predicted molar refractivity (Wildman–Crippen MR) is 95.5 cm³/mol. The third-order valence-corrected chi connectivity index (χ3v) is 4.49. The van der Waals surface area contributed by atoms with Gasteiger partial charge in [-0.25, -0.2) is 4.98 Å². The molecule has 24 heavy (non-hydrogen) atoms. The summed E-state index contributed by atoms with van der Waals surface area (Å²) in [7, 11) is 0. The highest BCUT2D eigenvalue weighted by Crippen LogP contribution is 2.42. The summed E-state index contributed by atoms with van der Waals surface area (Å²) in [5.41, 5.74) is 3.72. The van der Waals surface area contributed by atoms with Gasteiger partial charge in [0.1, 0.15) is 11.8 Å². The molecule has 3 aromatic rings. The van der Waals surface area contributed by atoms with E-state index in [-0.39, 0.29) is 0 Å². The number of furan rings is 1. The third-order valence-electron chi connectivity index (χ3n) is 4.10. The number of rotatable bonds is 2. The number of halogens is 1. The van der Waals surface area contributed by atoms with Crippen LogP contribution in [0.4, 0.5) is 0 Å². The van der Waals surface area contributed by atoms with Crippen molar-refractivity contribution in [3.8, 4) is 17.4 Å². The van der Waals surface area contributed by atoms with Gasteiger partial charge in [0.15, 0.2) is 0 Å². The summed E-state index contributed by atoms with van der Waals surface area (Å²) < 4.78 is 6.04. The van der Waals surface area contributed by atoms with Crippen molar-refractivity contribution in [3.63, 3.8) is 0 Å². The summed E-state index contributed by atoms with van der Waals surface area (Å²) in [5.74, 6) is 0.730. The molecule has 0 fully saturated rings. The van der Waals surface area contributed by atoms with E-state index in [0.717, 1.165) is 35.3 Å². The zero-order chi connectivity index (χ0) is 16.5. The van der Waals surface area contributed by atoms with Crippen molar-refractivity contribution >= 4 is 28.3 Å². The van der Waals surface area contributed by atoms with Crippen LogP contribution in [0.5, 0.6) is 0 Å². The van der Waals surface area contributed by atoms with Crippen LogP contribution in [0.25, 0.3) is 28.0 Å². The SMILES string of the molecule is N#Cc1cnc2oc(-c3ccccc3)c(C3=CCCC=C3)c2c1Cl. The van der Waals surface area contributed by atoms with Gasteiger partial charge < -0.3 is 4.42 Å². The summed E-state index contributed by atoms with van der Waals surface area (Å²) >= 11 is 6.49. The molecule has 1 aromatic carbocycles. The number of nitrogens with zero attached hydrogens (tertiary/aromatic N) is 2. The molecule has 4 rings (SSSR count). The van der Waals surface area contributed by atoms with E-state index < -0.39 is 0 Å². The largest absolute Gasteiger partial charge is 0.437 e. The molecule has 1 aliphatic carbocycles. The fourth-order valence-corrected chi connectivity index (χ4v) is 3.24. The number of pyridine rings is 1. The highest BCUT2D eigenvalue weighted by atomic mass is 35.5. The Morgan fingerprint density at radius 1 is 1.17 bits per heavy atom. The zero-order valence-corrected chi connectivity index (χ0v) is 13.5. The maximum Gasteiger partial charge on any atom is 0.228 e. The van der Waals surface area contributed by atoms with Gasteiger partial charge in [0, 0.05) is 11.1 Å². The second-order valence-electron chi connectivity index (χ2n) is 5.59. The Labute approximate surface area is 144 Å². The molecule has 0 bridgehead atoms. The highest BCUT2D eigenvalue weighted by molar-refractivity contribution is 6.37. The van der Waals surface area contributed by atoms with Crippen LogP contribution in [0.1, 0.15) is 24.0 Å². The van der Waals surface area contributed by atoms with E-state index in [1.165, 1.54) is 6.20 Å². The van der Waals surface area contributed by atoms with Crippen LogP contribution < -0.4 is 0 Å². The van der Waals surface area contributed by atoms with Crippen LogP contribution in [0.15, 0.2) is 59.2 Å². The average Bonchev–Trinajstić information content (AvgIpc) is 3.04. The van der Waals surface area contributed by atoms with Crippen molar-refractivity contribution in [2.24, 2.45) is 0 Å². The molecule has 0 atom stereocenters. The Hall–Kier alpha value is -2.83. The summed E-state index contributed by atoms with van der Waals surface area (Å²) in [4.78, 5) is 4.29. The summed E-state index contributed by atoms with van der Waals surface area (Å²) in [6.45, 7) is 0. The van der Waals surface area contributed by atoms with E-state index in [4.69, 9.17) is 16.0 Å². The lowest BCUT2D eigenvalue weighted by Gasteiger charge is -2.09. The fourth-order valence-electron chi connectivity index (χ4n) is 2.97. The van der Waals surface area contributed by atoms with E-state index in [2.05, 4.69) is 29.3 Å². The number of hydrogen-bond acceptors (Lipinski definition) is 3. The lowest BCUT2D eigenvalue weighted by Crippen LogP contribution is -1.90. The Bertz CT molecular complexity index is 1020. The van der Waals surface area contributed by atoms with Gasteiger partial charge >= 0.3 is 0 Å². The minimum Gasteiger partial charge on any atom is -0.437 e. The second-order valence-corrected chi connectivity index (χ2v) is 5.97. The molecule has 0 spiro atoms. The van der Waals surface area contributed by atoms with Crippen LogP contribution in [0.3, 0.4) is 0 Å². The Morgan fingerprint density at radius 3 is 2.71 bits per heavy atom. The molecule has 0 aliphatic heterocycles. The molecule has 4 heteroatoms. The first-order valence-corrected chi connectivity index (χ1v) is 8.11. The standard InChI is InChI=1S/C20H13ClN2O/c21-18-15(11-22)12-23-20-17(18)16(13-7-3-1-4-8-13)19(24-20)14-9-5-2-6-10-14/h2-3,5-10,12H,1,4H2. The molecule has 2 heterocycles. The van der Waals surface area contributed by atoms with Gasteiger partial charge in [-0.2, -0.15) is 5.26 Å². The number of hydrogen-bond donors (Lipinski definition) is 0. The lowest BCUT2D eigenvalue weighted by atomic mass is 9.95. The van der Waals surface area contributed by atoms with Gasteiger partial charge in [-0.05, 0) is 18.4 Å². The van der Waals surface area contributed by atoms with Gasteiger partial charge in [-0.3, -0.25) is 0 Å². The minimum absolute atomic E-state index is 0.353. The molecular formula is C20H13ClN2O. The van der Waals surface area contributed by atoms with Gasteiger partial charge in [-0.15, -0.1) is 0 Å². The normalized spacial score (nSPS) is 13.8. The Morgan fingerprint density at radius 2 is 2.00 bits per heavy atom. The van der Waals surface area contributed by atoms with Crippen molar-refractivity contribution in [1.82, 2.24) is 4.98 Å². The number of allylic oxidation sites excluding steroid dienone is 4. The van der Waals surface area contributed by atoms with E-state index in [9.17, 15) is 5.26 Å². The van der Waals surface area contributed by atoms with Crippen molar-refractivity contribution in [2.45, 2.75) is 12.8 Å². The van der Waals surface area contributed by atoms with Gasteiger partial charge in [0.25, 0.3) is 0 Å². The summed E-state index contributed by atoms with van der Waals surface area (Å²) in [5, 5.41) is 10.4. The van der Waals surface area contributed by atoms with Crippen LogP contribution in [-0.4, -0.2) is 4.98 Å². The topological polar surface area (TPSA) is 49.8 Å². The highest BCUT2D eigenvalue weighted by Gasteiger charge is 2.23. The van der Waals surface area contributed by atoms with Crippen molar-refractivity contribution in [2.75, 3.05) is 0 Å². The van der Waals surface area contributed by atoms with Crippen molar-refractivity contribution in [1.29, 1.82) is 5.26 Å². The van der Waals surface area contributed by atoms with Gasteiger partial charge in [0.2, 0.25) is 5.71 Å². The summed E-state index contributed by atoms with van der Waals surface area (Å²) in [6, 6.07) is 12.0. The fraction of sp³-hybridized carbons (Fsp3) is 0.100. The first-order chi connectivity index (χ1) is 11.8. The molecule has 0 saturated carbocycles. The van der Waals surface area contributed by atoms with E-state index >= 15 is 0 Å². The zero-order valence-electron chi connectivity index (χ0n) is 12.8. The maximum atomic E-state index is 9.27. The number of benzene rings is 1. The minimum atomic E-state index is 0.353. The molecule has 1 aliphatic rings. The summed E-state index contributed by atoms with van der Waals surface area (Å²) in [6.07, 6.45) is 9.84. The monoisotopic (exact) mass is 332 g/mol. The van der Waals surface area contributed by atoms with Crippen LogP contribution in [0.2, 0.25) is 5.02 Å². The molecule has 0 saturated heterocycles. The molecular weight excluding hydrogens is 320 g/mol. The average molecular weight is 333 g/mol. The third kappa shape index (κ3) is 2.33. The first-order valence-electron chi connectivity index (χ1n) is 7.73. The molecule has 2 aromatic heterocycles. The number of fused-ring (bicyclic) bond motifs is 1. The first kappa shape index (κ1) is 14.7. The molecule has 0 radical (unpaired) electrons. The van der Waals surface area contributed by atoms with Crippen LogP contribution in [0, 0.1) is 11.3 Å². The van der Waals surface area contributed by atoms with Crippen LogP contribution >= 0.6 is 11.6 Å². The molecule has 3 nitrogen and oxygen atoms in total. The molecule has 0 N–H and O–H groups in total. The predicted octanol–water partition coefficient (Wildman–Crippen LogP) is 5.75. The van der Waals surface area contributed by atoms with Crippen molar-refractivity contribution in [3.05, 3.63) is 70.9 Å². The quantitative estimate of drug-likeness (QED) is 0.600. The number of aromatic nitrogens is 1.